The molecule has 4 heteroatoms. The van der Waals surface area contributed by atoms with Gasteiger partial charge in [-0.3, -0.25) is 5.41 Å². The van der Waals surface area contributed by atoms with Crippen LogP contribution in [-0.4, -0.2) is 20.0 Å². The van der Waals surface area contributed by atoms with Gasteiger partial charge in [0.25, 0.3) is 0 Å². The van der Waals surface area contributed by atoms with Gasteiger partial charge in [-0.1, -0.05) is 24.3 Å². The van der Waals surface area contributed by atoms with Crippen molar-refractivity contribution in [2.45, 2.75) is 6.54 Å². The Kier molecular flexibility index (Phi) is 4.25. The van der Waals surface area contributed by atoms with Crippen molar-refractivity contribution in [3.05, 3.63) is 59.7 Å². The summed E-state index contributed by atoms with van der Waals surface area (Å²) in [4.78, 5) is 2.13. The van der Waals surface area contributed by atoms with Gasteiger partial charge in [-0.25, -0.2) is 0 Å². The summed E-state index contributed by atoms with van der Waals surface area (Å²) < 4.78 is 5.23. The average Bonchev–Trinajstić information content (AvgIpc) is 2.47. The number of hydrogen-bond donors (Lipinski definition) is 2. The Hall–Kier alpha value is -2.49. The van der Waals surface area contributed by atoms with Gasteiger partial charge in [0.2, 0.25) is 0 Å². The highest BCUT2D eigenvalue weighted by molar-refractivity contribution is 5.95. The molecule has 104 valence electrons. The van der Waals surface area contributed by atoms with Gasteiger partial charge >= 0.3 is 0 Å². The molecule has 0 atom stereocenters. The van der Waals surface area contributed by atoms with Crippen LogP contribution in [0.3, 0.4) is 0 Å². The van der Waals surface area contributed by atoms with Crippen LogP contribution < -0.4 is 15.4 Å². The van der Waals surface area contributed by atoms with Crippen LogP contribution in [0, 0.1) is 5.41 Å². The highest BCUT2D eigenvalue weighted by Crippen LogP contribution is 2.21. The first-order chi connectivity index (χ1) is 9.60. The number of nitrogens with one attached hydrogen (secondary N) is 1. The van der Waals surface area contributed by atoms with Gasteiger partial charge in [-0.05, 0) is 23.8 Å². The molecule has 2 aromatic carbocycles. The summed E-state index contributed by atoms with van der Waals surface area (Å²) >= 11 is 0. The van der Waals surface area contributed by atoms with E-state index in [4.69, 9.17) is 15.9 Å². The van der Waals surface area contributed by atoms with E-state index in [1.54, 1.807) is 7.11 Å². The molecule has 0 aliphatic rings. The average molecular weight is 269 g/mol. The lowest BCUT2D eigenvalue weighted by molar-refractivity contribution is 0.415. The molecule has 3 N–H and O–H groups in total. The number of nitrogens with zero attached hydrogens (tertiary/aromatic N) is 1. The molecule has 0 unspecified atom stereocenters. The number of methoxy groups -OCH3 is 1. The number of ether oxygens (including phenoxy) is 1. The topological polar surface area (TPSA) is 62.3 Å². The van der Waals surface area contributed by atoms with Crippen LogP contribution in [0.4, 0.5) is 5.69 Å². The summed E-state index contributed by atoms with van der Waals surface area (Å²) in [5.74, 6) is 0.933. The number of hydrogen-bond acceptors (Lipinski definition) is 3. The lowest BCUT2D eigenvalue weighted by Gasteiger charge is -2.20. The highest BCUT2D eigenvalue weighted by atomic mass is 16.5. The zero-order valence-corrected chi connectivity index (χ0v) is 11.8. The maximum absolute atomic E-state index is 7.48. The van der Waals surface area contributed by atoms with Crippen LogP contribution in [0.1, 0.15) is 11.1 Å². The molecule has 0 saturated carbocycles. The van der Waals surface area contributed by atoms with E-state index in [-0.39, 0.29) is 5.84 Å². The molecule has 0 aromatic heterocycles. The SMILES string of the molecule is COc1cccc(N(C)Cc2cccc(C(=N)N)c2)c1. The van der Waals surface area contributed by atoms with E-state index in [1.165, 1.54) is 0 Å². The quantitative estimate of drug-likeness (QED) is 0.648. The van der Waals surface area contributed by atoms with Gasteiger partial charge in [-0.2, -0.15) is 0 Å². The van der Waals surface area contributed by atoms with Crippen LogP contribution in [0.5, 0.6) is 5.75 Å². The van der Waals surface area contributed by atoms with Crippen LogP contribution in [-0.2, 0) is 6.54 Å². The third-order valence-electron chi connectivity index (χ3n) is 3.15. The predicted octanol–water partition coefficient (Wildman–Crippen LogP) is 2.62. The number of rotatable bonds is 5. The number of amidine groups is 1. The fraction of sp³-hybridized carbons (Fsp3) is 0.188. The number of nitrogen functional groups attached to an aromatic ring is 1. The zero-order valence-electron chi connectivity index (χ0n) is 11.8. The van der Waals surface area contributed by atoms with Gasteiger partial charge in [0, 0.05) is 30.9 Å². The maximum Gasteiger partial charge on any atom is 0.122 e. The highest BCUT2D eigenvalue weighted by Gasteiger charge is 2.05. The Labute approximate surface area is 119 Å². The van der Waals surface area contributed by atoms with Crippen molar-refractivity contribution >= 4 is 11.5 Å². The molecule has 0 fully saturated rings. The Morgan fingerprint density at radius 1 is 1.20 bits per heavy atom. The van der Waals surface area contributed by atoms with Gasteiger partial charge in [0.15, 0.2) is 0 Å². The smallest absolute Gasteiger partial charge is 0.122 e. The minimum absolute atomic E-state index is 0.0934. The third kappa shape index (κ3) is 3.29. The molecule has 0 aliphatic carbocycles. The number of anilines is 1. The molecular formula is C16H19N3O. The van der Waals surface area contributed by atoms with Crippen LogP contribution in [0.2, 0.25) is 0 Å². The van der Waals surface area contributed by atoms with Crippen LogP contribution in [0.25, 0.3) is 0 Å². The molecular weight excluding hydrogens is 250 g/mol. The predicted molar refractivity (Wildman–Crippen MR) is 82.6 cm³/mol. The second-order valence-electron chi connectivity index (χ2n) is 4.67. The fourth-order valence-corrected chi connectivity index (χ4v) is 2.05. The van der Waals surface area contributed by atoms with Crippen molar-refractivity contribution in [3.8, 4) is 5.75 Å². The minimum Gasteiger partial charge on any atom is -0.497 e. The number of benzene rings is 2. The van der Waals surface area contributed by atoms with Crippen LogP contribution in [0.15, 0.2) is 48.5 Å². The van der Waals surface area contributed by atoms with Crippen molar-refractivity contribution in [1.82, 2.24) is 0 Å². The first kappa shape index (κ1) is 13.9. The lowest BCUT2D eigenvalue weighted by Crippen LogP contribution is -2.17. The molecule has 0 radical (unpaired) electrons. The van der Waals surface area contributed by atoms with Crippen molar-refractivity contribution in [2.75, 3.05) is 19.1 Å². The minimum atomic E-state index is 0.0934. The van der Waals surface area contributed by atoms with E-state index in [0.29, 0.717) is 0 Å². The van der Waals surface area contributed by atoms with E-state index in [2.05, 4.69) is 4.90 Å². The molecule has 2 aromatic rings. The maximum atomic E-state index is 7.48. The monoisotopic (exact) mass is 269 g/mol. The van der Waals surface area contributed by atoms with Gasteiger partial charge in [0.1, 0.15) is 11.6 Å². The summed E-state index contributed by atoms with van der Waals surface area (Å²) in [6.07, 6.45) is 0. The standard InChI is InChI=1S/C16H19N3O/c1-19(14-7-4-8-15(10-14)20-2)11-12-5-3-6-13(9-12)16(17)18/h3-10H,11H2,1-2H3,(H3,17,18). The van der Waals surface area contributed by atoms with E-state index in [9.17, 15) is 0 Å². The lowest BCUT2D eigenvalue weighted by atomic mass is 10.1. The summed E-state index contributed by atoms with van der Waals surface area (Å²) in [5.41, 5.74) is 8.46. The molecule has 2 rings (SSSR count). The first-order valence-corrected chi connectivity index (χ1v) is 6.38. The van der Waals surface area contributed by atoms with Gasteiger partial charge in [0.05, 0.1) is 7.11 Å². The summed E-state index contributed by atoms with van der Waals surface area (Å²) in [6, 6.07) is 15.7. The fourth-order valence-electron chi connectivity index (χ4n) is 2.05. The van der Waals surface area contributed by atoms with Crippen molar-refractivity contribution in [1.29, 1.82) is 5.41 Å². The first-order valence-electron chi connectivity index (χ1n) is 6.38. The molecule has 0 aliphatic heterocycles. The number of nitrogens with two attached hydrogens (primary N) is 1. The van der Waals surface area contributed by atoms with Crippen molar-refractivity contribution in [3.63, 3.8) is 0 Å². The summed E-state index contributed by atoms with van der Waals surface area (Å²) in [7, 11) is 3.69. The Morgan fingerprint density at radius 2 is 1.95 bits per heavy atom. The van der Waals surface area contributed by atoms with Gasteiger partial charge < -0.3 is 15.4 Å². The summed E-state index contributed by atoms with van der Waals surface area (Å²) in [6.45, 7) is 0.744. The van der Waals surface area contributed by atoms with Gasteiger partial charge in [-0.15, -0.1) is 0 Å². The van der Waals surface area contributed by atoms with E-state index >= 15 is 0 Å². The molecule has 4 nitrogen and oxygen atoms in total. The second kappa shape index (κ2) is 6.10. The third-order valence-corrected chi connectivity index (χ3v) is 3.15. The van der Waals surface area contributed by atoms with E-state index < -0.39 is 0 Å². The Morgan fingerprint density at radius 3 is 2.65 bits per heavy atom. The normalized spacial score (nSPS) is 10.1. The largest absolute Gasteiger partial charge is 0.497 e. The molecule has 20 heavy (non-hydrogen) atoms. The van der Waals surface area contributed by atoms with Crippen molar-refractivity contribution < 1.29 is 4.74 Å². The zero-order chi connectivity index (χ0) is 14.5. The molecule has 0 spiro atoms. The Bertz CT molecular complexity index is 610. The van der Waals surface area contributed by atoms with Crippen molar-refractivity contribution in [2.24, 2.45) is 5.73 Å². The molecule has 0 heterocycles. The summed E-state index contributed by atoms with van der Waals surface area (Å²) in [5, 5.41) is 7.48. The van der Waals surface area contributed by atoms with E-state index in [0.717, 1.165) is 29.1 Å². The van der Waals surface area contributed by atoms with E-state index in [1.807, 2.05) is 55.6 Å². The molecule has 0 saturated heterocycles. The Balaban J connectivity index is 2.16. The van der Waals surface area contributed by atoms with Crippen LogP contribution >= 0.6 is 0 Å². The second-order valence-corrected chi connectivity index (χ2v) is 4.67. The molecule has 0 amide bonds. The molecule has 0 bridgehead atoms.